The molecule has 0 spiro atoms. The lowest BCUT2D eigenvalue weighted by Gasteiger charge is -2.35. The summed E-state index contributed by atoms with van der Waals surface area (Å²) in [5, 5.41) is 0. The van der Waals surface area contributed by atoms with Crippen molar-refractivity contribution < 1.29 is 14.3 Å². The summed E-state index contributed by atoms with van der Waals surface area (Å²) >= 11 is 0. The molecule has 0 atom stereocenters. The number of carbonyl (C=O) groups is 2. The minimum Gasteiger partial charge on any atom is -0.493 e. The van der Waals surface area contributed by atoms with Crippen LogP contribution in [0.3, 0.4) is 0 Å². The van der Waals surface area contributed by atoms with E-state index in [1.165, 1.54) is 0 Å². The van der Waals surface area contributed by atoms with Crippen LogP contribution in [0.4, 0.5) is 5.69 Å². The highest BCUT2D eigenvalue weighted by Gasteiger charge is 2.26. The molecule has 3 rings (SSSR count). The molecule has 1 aliphatic heterocycles. The van der Waals surface area contributed by atoms with E-state index >= 15 is 0 Å². The molecule has 0 aliphatic carbocycles. The smallest absolute Gasteiger partial charge is 0.257 e. The quantitative estimate of drug-likeness (QED) is 0.723. The zero-order valence-corrected chi connectivity index (χ0v) is 17.2. The van der Waals surface area contributed by atoms with Gasteiger partial charge in [0.1, 0.15) is 5.75 Å². The maximum Gasteiger partial charge on any atom is 0.257 e. The number of amides is 2. The zero-order valence-electron chi connectivity index (χ0n) is 17.2. The van der Waals surface area contributed by atoms with Crippen LogP contribution >= 0.6 is 0 Å². The van der Waals surface area contributed by atoms with Crippen LogP contribution in [0.1, 0.15) is 24.2 Å². The Labute approximate surface area is 172 Å². The first kappa shape index (κ1) is 20.9. The third kappa shape index (κ3) is 5.15. The number of benzene rings is 2. The molecule has 29 heavy (non-hydrogen) atoms. The fourth-order valence-corrected chi connectivity index (χ4v) is 3.59. The Morgan fingerprint density at radius 1 is 0.931 bits per heavy atom. The fraction of sp³-hybridized carbons (Fsp3) is 0.391. The van der Waals surface area contributed by atoms with Crippen LogP contribution in [0.15, 0.2) is 54.6 Å². The van der Waals surface area contributed by atoms with Crippen LogP contribution in [0.25, 0.3) is 0 Å². The molecular formula is C23H29N3O3. The molecule has 6 nitrogen and oxygen atoms in total. The van der Waals surface area contributed by atoms with Crippen molar-refractivity contribution >= 4 is 17.5 Å². The molecule has 6 heteroatoms. The molecule has 0 unspecified atom stereocenters. The molecule has 0 aromatic heterocycles. The highest BCUT2D eigenvalue weighted by molar-refractivity contribution is 5.97. The Morgan fingerprint density at radius 3 is 2.24 bits per heavy atom. The maximum absolute atomic E-state index is 12.9. The van der Waals surface area contributed by atoms with E-state index in [1.807, 2.05) is 73.3 Å². The van der Waals surface area contributed by atoms with Gasteiger partial charge in [0.25, 0.3) is 5.91 Å². The molecule has 2 aromatic carbocycles. The summed E-state index contributed by atoms with van der Waals surface area (Å²) in [7, 11) is 0. The zero-order chi connectivity index (χ0) is 20.6. The van der Waals surface area contributed by atoms with Crippen molar-refractivity contribution in [1.82, 2.24) is 9.80 Å². The first-order chi connectivity index (χ1) is 14.1. The van der Waals surface area contributed by atoms with Crippen LogP contribution in [-0.4, -0.2) is 67.5 Å². The number of piperazine rings is 1. The molecule has 154 valence electrons. The van der Waals surface area contributed by atoms with Crippen molar-refractivity contribution in [1.29, 1.82) is 0 Å². The lowest BCUT2D eigenvalue weighted by atomic mass is 10.1. The van der Waals surface area contributed by atoms with Gasteiger partial charge in [0.05, 0.1) is 18.7 Å². The number of nitrogens with zero attached hydrogens (tertiary/aromatic N) is 3. The van der Waals surface area contributed by atoms with Gasteiger partial charge in [-0.1, -0.05) is 30.3 Å². The lowest BCUT2D eigenvalue weighted by molar-refractivity contribution is -0.120. The van der Waals surface area contributed by atoms with E-state index in [9.17, 15) is 9.59 Å². The molecule has 1 heterocycles. The van der Waals surface area contributed by atoms with Gasteiger partial charge in [-0.3, -0.25) is 14.5 Å². The van der Waals surface area contributed by atoms with Crippen LogP contribution in [0.5, 0.6) is 5.75 Å². The van der Waals surface area contributed by atoms with Gasteiger partial charge >= 0.3 is 0 Å². The van der Waals surface area contributed by atoms with Gasteiger partial charge < -0.3 is 14.5 Å². The van der Waals surface area contributed by atoms with Crippen molar-refractivity contribution in [2.75, 3.05) is 50.8 Å². The summed E-state index contributed by atoms with van der Waals surface area (Å²) in [4.78, 5) is 31.5. The summed E-state index contributed by atoms with van der Waals surface area (Å²) in [5.74, 6) is 0.693. The summed E-state index contributed by atoms with van der Waals surface area (Å²) < 4.78 is 5.60. The molecule has 0 radical (unpaired) electrons. The highest BCUT2D eigenvalue weighted by Crippen LogP contribution is 2.21. The predicted octanol–water partition coefficient (Wildman–Crippen LogP) is 2.90. The van der Waals surface area contributed by atoms with Crippen LogP contribution in [-0.2, 0) is 4.79 Å². The monoisotopic (exact) mass is 395 g/mol. The number of likely N-dealkylation sites (N-methyl/N-ethyl adjacent to an activating group) is 1. The van der Waals surface area contributed by atoms with E-state index in [0.29, 0.717) is 57.2 Å². The predicted molar refractivity (Wildman–Crippen MR) is 114 cm³/mol. The number of hydrogen-bond acceptors (Lipinski definition) is 4. The van der Waals surface area contributed by atoms with Crippen molar-refractivity contribution in [2.24, 2.45) is 0 Å². The number of hydrogen-bond donors (Lipinski definition) is 0. The molecular weight excluding hydrogens is 366 g/mol. The van der Waals surface area contributed by atoms with E-state index in [0.717, 1.165) is 5.69 Å². The van der Waals surface area contributed by atoms with Crippen molar-refractivity contribution in [2.45, 2.75) is 13.8 Å². The van der Waals surface area contributed by atoms with Crippen LogP contribution < -0.4 is 9.64 Å². The van der Waals surface area contributed by atoms with Crippen LogP contribution in [0, 0.1) is 0 Å². The van der Waals surface area contributed by atoms with Gasteiger partial charge in [-0.2, -0.15) is 0 Å². The highest BCUT2D eigenvalue weighted by atomic mass is 16.5. The second-order valence-corrected chi connectivity index (χ2v) is 6.97. The maximum atomic E-state index is 12.9. The largest absolute Gasteiger partial charge is 0.493 e. The molecule has 2 amide bonds. The number of rotatable bonds is 7. The minimum absolute atomic E-state index is 0.0144. The van der Waals surface area contributed by atoms with Gasteiger partial charge in [-0.05, 0) is 38.1 Å². The average Bonchev–Trinajstić information content (AvgIpc) is 2.76. The number of ether oxygens (including phenoxy) is 1. The molecule has 0 N–H and O–H groups in total. The Morgan fingerprint density at radius 2 is 1.59 bits per heavy atom. The molecule has 1 aliphatic rings. The molecule has 2 aromatic rings. The van der Waals surface area contributed by atoms with Gasteiger partial charge in [0.15, 0.2) is 0 Å². The second-order valence-electron chi connectivity index (χ2n) is 6.97. The van der Waals surface area contributed by atoms with Crippen LogP contribution in [0.2, 0.25) is 0 Å². The molecule has 0 saturated carbocycles. The van der Waals surface area contributed by atoms with E-state index in [-0.39, 0.29) is 11.8 Å². The number of para-hydroxylation sites is 2. The summed E-state index contributed by atoms with van der Waals surface area (Å²) in [6.07, 6.45) is 0. The SMILES string of the molecule is CCOc1ccccc1C(=O)N1CCN(CC(=O)N(CC)c2ccccc2)CC1. The van der Waals surface area contributed by atoms with Gasteiger partial charge in [0.2, 0.25) is 5.91 Å². The normalized spacial score (nSPS) is 14.5. The summed E-state index contributed by atoms with van der Waals surface area (Å²) in [5.41, 5.74) is 1.52. The Kier molecular flexibility index (Phi) is 7.25. The molecule has 1 saturated heterocycles. The first-order valence-corrected chi connectivity index (χ1v) is 10.2. The topological polar surface area (TPSA) is 53.1 Å². The Hall–Kier alpha value is -2.86. The van der Waals surface area contributed by atoms with E-state index < -0.39 is 0 Å². The van der Waals surface area contributed by atoms with Gasteiger partial charge in [-0.25, -0.2) is 0 Å². The lowest BCUT2D eigenvalue weighted by Crippen LogP contribution is -2.51. The van der Waals surface area contributed by atoms with E-state index in [2.05, 4.69) is 4.90 Å². The van der Waals surface area contributed by atoms with Gasteiger partial charge in [0, 0.05) is 38.4 Å². The van der Waals surface area contributed by atoms with Crippen molar-refractivity contribution in [3.8, 4) is 5.75 Å². The average molecular weight is 396 g/mol. The first-order valence-electron chi connectivity index (χ1n) is 10.2. The summed E-state index contributed by atoms with van der Waals surface area (Å²) in [6.45, 7) is 7.98. The summed E-state index contributed by atoms with van der Waals surface area (Å²) in [6, 6.07) is 17.1. The number of anilines is 1. The van der Waals surface area contributed by atoms with E-state index in [4.69, 9.17) is 4.74 Å². The molecule has 0 bridgehead atoms. The standard InChI is InChI=1S/C23H29N3O3/c1-3-26(19-10-6-5-7-11-19)22(27)18-24-14-16-25(17-15-24)23(28)20-12-8-9-13-21(20)29-4-2/h5-13H,3-4,14-18H2,1-2H3. The third-order valence-corrected chi connectivity index (χ3v) is 5.12. The molecule has 1 fully saturated rings. The minimum atomic E-state index is -0.0144. The third-order valence-electron chi connectivity index (χ3n) is 5.12. The fourth-order valence-electron chi connectivity index (χ4n) is 3.59. The van der Waals surface area contributed by atoms with Crippen molar-refractivity contribution in [3.05, 3.63) is 60.2 Å². The number of carbonyl (C=O) groups excluding carboxylic acids is 2. The Balaban J connectivity index is 1.56. The van der Waals surface area contributed by atoms with E-state index in [1.54, 1.807) is 4.90 Å². The van der Waals surface area contributed by atoms with Gasteiger partial charge in [-0.15, -0.1) is 0 Å². The Bertz CT molecular complexity index is 817. The van der Waals surface area contributed by atoms with Crippen molar-refractivity contribution in [3.63, 3.8) is 0 Å². The second kappa shape index (κ2) is 10.1.